The number of nitrogens with zero attached hydrogens (tertiary/aromatic N) is 2. The van der Waals surface area contributed by atoms with E-state index in [9.17, 15) is 15.0 Å². The summed E-state index contributed by atoms with van der Waals surface area (Å²) < 4.78 is 5.07. The molecule has 0 bridgehead atoms. The molecule has 0 aliphatic carbocycles. The van der Waals surface area contributed by atoms with Crippen molar-refractivity contribution in [3.8, 4) is 11.5 Å². The lowest BCUT2D eigenvalue weighted by Gasteiger charge is -2.40. The normalized spacial score (nSPS) is 22.0. The van der Waals surface area contributed by atoms with E-state index in [0.29, 0.717) is 30.4 Å². The van der Waals surface area contributed by atoms with Crippen LogP contribution in [0.5, 0.6) is 11.5 Å². The Morgan fingerprint density at radius 2 is 2.14 bits per heavy atom. The van der Waals surface area contributed by atoms with E-state index in [1.807, 2.05) is 11.9 Å². The number of methoxy groups -OCH3 is 1. The fourth-order valence-corrected chi connectivity index (χ4v) is 2.69. The first-order valence-electron chi connectivity index (χ1n) is 6.98. The number of carbonyl (C=O) groups is 1. The molecule has 0 spiro atoms. The summed E-state index contributed by atoms with van der Waals surface area (Å²) in [7, 11) is 3.49. The number of likely N-dealkylation sites (N-methyl/N-ethyl adjacent to an activating group) is 1. The third-order valence-corrected chi connectivity index (χ3v) is 4.11. The van der Waals surface area contributed by atoms with Gasteiger partial charge in [-0.2, -0.15) is 0 Å². The number of ether oxygens (including phenoxy) is 1. The van der Waals surface area contributed by atoms with Crippen molar-refractivity contribution in [2.45, 2.75) is 19.0 Å². The van der Waals surface area contributed by atoms with Gasteiger partial charge in [-0.1, -0.05) is 6.07 Å². The highest BCUT2D eigenvalue weighted by Gasteiger charge is 2.32. The Labute approximate surface area is 124 Å². The zero-order valence-corrected chi connectivity index (χ0v) is 12.6. The first-order chi connectivity index (χ1) is 9.93. The van der Waals surface area contributed by atoms with Crippen LogP contribution in [0.4, 0.5) is 0 Å². The third kappa shape index (κ3) is 3.28. The monoisotopic (exact) mass is 294 g/mol. The van der Waals surface area contributed by atoms with Crippen molar-refractivity contribution >= 4 is 5.97 Å². The number of hydrogen-bond acceptors (Lipinski definition) is 5. The van der Waals surface area contributed by atoms with E-state index >= 15 is 0 Å². The minimum Gasteiger partial charge on any atom is -0.504 e. The number of hydrogen-bond donors (Lipinski definition) is 2. The van der Waals surface area contributed by atoms with Gasteiger partial charge >= 0.3 is 5.97 Å². The maximum Gasteiger partial charge on any atom is 0.325 e. The smallest absolute Gasteiger partial charge is 0.325 e. The van der Waals surface area contributed by atoms with Gasteiger partial charge in [0.15, 0.2) is 11.5 Å². The van der Waals surface area contributed by atoms with Crippen LogP contribution in [-0.2, 0) is 4.79 Å². The number of aromatic hydroxyl groups is 1. The number of phenolic OH excluding ortho intramolecular Hbond substituents is 1. The minimum atomic E-state index is -0.889. The maximum atomic E-state index is 11.7. The minimum absolute atomic E-state index is 0.0112. The van der Waals surface area contributed by atoms with Gasteiger partial charge in [0, 0.05) is 25.7 Å². The summed E-state index contributed by atoms with van der Waals surface area (Å²) in [6.45, 7) is 4.31. The lowest BCUT2D eigenvalue weighted by molar-refractivity contribution is -0.144. The summed E-state index contributed by atoms with van der Waals surface area (Å²) in [4.78, 5) is 15.9. The van der Waals surface area contributed by atoms with Crippen LogP contribution in [0.2, 0.25) is 0 Å². The number of piperazine rings is 1. The first kappa shape index (κ1) is 15.6. The van der Waals surface area contributed by atoms with Gasteiger partial charge in [-0.05, 0) is 31.7 Å². The standard InChI is InChI=1S/C15H22N2O4/c1-10-9-17(7-6-16(10)2)14(15(19)20)11-4-5-12(18)13(8-11)21-3/h4-5,8,10,14,18H,6-7,9H2,1-3H3,(H,19,20). The molecule has 1 aromatic rings. The van der Waals surface area contributed by atoms with Crippen molar-refractivity contribution in [2.75, 3.05) is 33.8 Å². The SMILES string of the molecule is COc1cc(C(C(=O)O)N2CCN(C)C(C)C2)ccc1O. The molecular weight excluding hydrogens is 272 g/mol. The van der Waals surface area contributed by atoms with Gasteiger partial charge in [0.05, 0.1) is 7.11 Å². The first-order valence-corrected chi connectivity index (χ1v) is 6.98. The van der Waals surface area contributed by atoms with Gasteiger partial charge < -0.3 is 19.8 Å². The van der Waals surface area contributed by atoms with E-state index in [-0.39, 0.29) is 5.75 Å². The molecular formula is C15H22N2O4. The van der Waals surface area contributed by atoms with E-state index in [0.717, 1.165) is 6.54 Å². The van der Waals surface area contributed by atoms with Crippen LogP contribution in [0.1, 0.15) is 18.5 Å². The van der Waals surface area contributed by atoms with Crippen LogP contribution in [0.3, 0.4) is 0 Å². The second kappa shape index (κ2) is 6.32. The highest BCUT2D eigenvalue weighted by molar-refractivity contribution is 5.76. The van der Waals surface area contributed by atoms with Gasteiger partial charge in [-0.25, -0.2) is 0 Å². The summed E-state index contributed by atoms with van der Waals surface area (Å²) in [5.74, 6) is -0.586. The molecule has 1 aliphatic heterocycles. The molecule has 0 radical (unpaired) electrons. The van der Waals surface area contributed by atoms with Crippen molar-refractivity contribution in [2.24, 2.45) is 0 Å². The number of phenols is 1. The van der Waals surface area contributed by atoms with Gasteiger partial charge in [-0.3, -0.25) is 9.69 Å². The molecule has 1 saturated heterocycles. The molecule has 0 amide bonds. The van der Waals surface area contributed by atoms with Crippen LogP contribution < -0.4 is 4.74 Å². The predicted molar refractivity (Wildman–Crippen MR) is 78.7 cm³/mol. The van der Waals surface area contributed by atoms with Crippen LogP contribution in [0, 0.1) is 0 Å². The number of aliphatic carboxylic acids is 1. The summed E-state index contributed by atoms with van der Waals surface area (Å²) >= 11 is 0. The fourth-order valence-electron chi connectivity index (χ4n) is 2.69. The lowest BCUT2D eigenvalue weighted by Crippen LogP contribution is -2.52. The fraction of sp³-hybridized carbons (Fsp3) is 0.533. The summed E-state index contributed by atoms with van der Waals surface area (Å²) in [6.07, 6.45) is 0. The molecule has 21 heavy (non-hydrogen) atoms. The quantitative estimate of drug-likeness (QED) is 0.868. The Balaban J connectivity index is 2.29. The lowest BCUT2D eigenvalue weighted by atomic mass is 10.0. The molecule has 1 aliphatic rings. The van der Waals surface area contributed by atoms with Crippen LogP contribution in [0.15, 0.2) is 18.2 Å². The Morgan fingerprint density at radius 1 is 1.43 bits per heavy atom. The van der Waals surface area contributed by atoms with Gasteiger partial charge in [0.25, 0.3) is 0 Å². The molecule has 0 aromatic heterocycles. The van der Waals surface area contributed by atoms with Crippen molar-refractivity contribution in [1.82, 2.24) is 9.80 Å². The highest BCUT2D eigenvalue weighted by atomic mass is 16.5. The van der Waals surface area contributed by atoms with Crippen molar-refractivity contribution in [3.05, 3.63) is 23.8 Å². The summed E-state index contributed by atoms with van der Waals surface area (Å²) in [5.41, 5.74) is 0.619. The van der Waals surface area contributed by atoms with Crippen LogP contribution in [0.25, 0.3) is 0 Å². The topological polar surface area (TPSA) is 73.2 Å². The maximum absolute atomic E-state index is 11.7. The van der Waals surface area contributed by atoms with Crippen LogP contribution >= 0.6 is 0 Å². The van der Waals surface area contributed by atoms with Crippen molar-refractivity contribution < 1.29 is 19.7 Å². The third-order valence-electron chi connectivity index (χ3n) is 4.11. The molecule has 6 heteroatoms. The molecule has 6 nitrogen and oxygen atoms in total. The largest absolute Gasteiger partial charge is 0.504 e. The Hall–Kier alpha value is -1.79. The van der Waals surface area contributed by atoms with Gasteiger partial charge in [0.1, 0.15) is 6.04 Å². The molecule has 2 rings (SSSR count). The Kier molecular flexibility index (Phi) is 4.69. The Bertz CT molecular complexity index is 520. The molecule has 0 saturated carbocycles. The predicted octanol–water partition coefficient (Wildman–Crippen LogP) is 1.16. The molecule has 2 N–H and O–H groups in total. The van der Waals surface area contributed by atoms with E-state index in [1.165, 1.54) is 13.2 Å². The van der Waals surface area contributed by atoms with E-state index in [2.05, 4.69) is 11.8 Å². The second-order valence-corrected chi connectivity index (χ2v) is 5.50. The number of benzene rings is 1. The van der Waals surface area contributed by atoms with E-state index in [4.69, 9.17) is 4.74 Å². The zero-order chi connectivity index (χ0) is 15.6. The average molecular weight is 294 g/mol. The van der Waals surface area contributed by atoms with Gasteiger partial charge in [-0.15, -0.1) is 0 Å². The summed E-state index contributed by atoms with van der Waals surface area (Å²) in [5, 5.41) is 19.3. The van der Waals surface area contributed by atoms with Crippen LogP contribution in [-0.4, -0.2) is 65.8 Å². The molecule has 1 heterocycles. The average Bonchev–Trinajstić information content (AvgIpc) is 2.44. The van der Waals surface area contributed by atoms with E-state index < -0.39 is 12.0 Å². The number of carboxylic acids is 1. The highest BCUT2D eigenvalue weighted by Crippen LogP contribution is 2.32. The molecule has 116 valence electrons. The molecule has 1 aromatic carbocycles. The summed E-state index contributed by atoms with van der Waals surface area (Å²) in [6, 6.07) is 4.29. The number of rotatable bonds is 4. The van der Waals surface area contributed by atoms with Crippen molar-refractivity contribution in [3.63, 3.8) is 0 Å². The van der Waals surface area contributed by atoms with Crippen molar-refractivity contribution in [1.29, 1.82) is 0 Å². The zero-order valence-electron chi connectivity index (χ0n) is 12.6. The van der Waals surface area contributed by atoms with Gasteiger partial charge in [0.2, 0.25) is 0 Å². The molecule has 2 unspecified atom stereocenters. The molecule has 2 atom stereocenters. The number of carboxylic acid groups (broad SMARTS) is 1. The molecule has 1 fully saturated rings. The Morgan fingerprint density at radius 3 is 2.71 bits per heavy atom. The second-order valence-electron chi connectivity index (χ2n) is 5.50. The van der Waals surface area contributed by atoms with E-state index in [1.54, 1.807) is 12.1 Å².